The predicted octanol–water partition coefficient (Wildman–Crippen LogP) is 3.69. The van der Waals surface area contributed by atoms with Crippen molar-refractivity contribution in [2.75, 3.05) is 63.9 Å². The van der Waals surface area contributed by atoms with Gasteiger partial charge in [0.2, 0.25) is 0 Å². The van der Waals surface area contributed by atoms with Crippen LogP contribution in [0.25, 0.3) is 0 Å². The molecule has 0 atom stereocenters. The van der Waals surface area contributed by atoms with E-state index in [0.717, 1.165) is 85.0 Å². The molecule has 0 bridgehead atoms. The third kappa shape index (κ3) is 4.36. The molecule has 0 spiro atoms. The summed E-state index contributed by atoms with van der Waals surface area (Å²) in [7, 11) is 0. The zero-order valence-electron chi connectivity index (χ0n) is 17.3. The van der Waals surface area contributed by atoms with Crippen molar-refractivity contribution < 1.29 is 14.3 Å². The number of anilines is 1. The third-order valence-corrected chi connectivity index (χ3v) is 6.92. The maximum Gasteiger partial charge on any atom is 0.254 e. The first-order valence-electron chi connectivity index (χ1n) is 10.7. The van der Waals surface area contributed by atoms with Gasteiger partial charge in [0.15, 0.2) is 11.5 Å². The summed E-state index contributed by atoms with van der Waals surface area (Å²) in [5, 5.41) is 0.696. The summed E-state index contributed by atoms with van der Waals surface area (Å²) in [6.07, 6.45) is 0.867. The van der Waals surface area contributed by atoms with E-state index in [1.807, 2.05) is 23.1 Å². The number of ether oxygens (including phenoxy) is 2. The van der Waals surface area contributed by atoms with Gasteiger partial charge in [-0.2, -0.15) is 0 Å². The van der Waals surface area contributed by atoms with Crippen LogP contribution >= 0.6 is 27.5 Å². The van der Waals surface area contributed by atoms with Gasteiger partial charge >= 0.3 is 0 Å². The Bertz CT molecular complexity index is 994. The molecule has 8 heteroatoms. The van der Waals surface area contributed by atoms with Crippen molar-refractivity contribution >= 4 is 39.1 Å². The molecule has 0 unspecified atom stereocenters. The van der Waals surface area contributed by atoms with E-state index < -0.39 is 0 Å². The van der Waals surface area contributed by atoms with Gasteiger partial charge in [-0.25, -0.2) is 0 Å². The number of hydrogen-bond acceptors (Lipinski definition) is 5. The van der Waals surface area contributed by atoms with Crippen LogP contribution in [-0.2, 0) is 6.42 Å². The summed E-state index contributed by atoms with van der Waals surface area (Å²) < 4.78 is 12.7. The van der Waals surface area contributed by atoms with E-state index in [0.29, 0.717) is 18.2 Å². The average Bonchev–Trinajstić information content (AvgIpc) is 2.78. The van der Waals surface area contributed by atoms with Crippen LogP contribution in [0.3, 0.4) is 0 Å². The highest BCUT2D eigenvalue weighted by atomic mass is 79.9. The Hall–Kier alpha value is -1.96. The van der Waals surface area contributed by atoms with E-state index in [1.165, 1.54) is 0 Å². The number of carbonyl (C=O) groups excluding carboxylic acids is 1. The number of amides is 1. The monoisotopic (exact) mass is 505 g/mol. The van der Waals surface area contributed by atoms with Gasteiger partial charge in [-0.1, -0.05) is 27.5 Å². The number of fused-ring (bicyclic) bond motifs is 2. The summed E-state index contributed by atoms with van der Waals surface area (Å²) in [6, 6.07) is 9.65. The Morgan fingerprint density at radius 1 is 0.968 bits per heavy atom. The van der Waals surface area contributed by atoms with Crippen LogP contribution in [0.2, 0.25) is 5.02 Å². The third-order valence-electron chi connectivity index (χ3n) is 6.22. The van der Waals surface area contributed by atoms with Gasteiger partial charge in [-0.3, -0.25) is 9.69 Å². The molecule has 6 nitrogen and oxygen atoms in total. The Morgan fingerprint density at radius 3 is 2.61 bits per heavy atom. The first-order valence-corrected chi connectivity index (χ1v) is 11.9. The van der Waals surface area contributed by atoms with Crippen molar-refractivity contribution in [3.05, 3.63) is 51.0 Å². The normalized spacial score (nSPS) is 18.8. The van der Waals surface area contributed by atoms with Crippen LogP contribution in [0.15, 0.2) is 34.8 Å². The predicted molar refractivity (Wildman–Crippen MR) is 125 cm³/mol. The lowest BCUT2D eigenvalue weighted by atomic mass is 9.99. The Balaban J connectivity index is 1.18. The number of carbonyl (C=O) groups is 1. The zero-order chi connectivity index (χ0) is 21.4. The van der Waals surface area contributed by atoms with E-state index in [-0.39, 0.29) is 5.91 Å². The molecule has 2 aromatic rings. The highest BCUT2D eigenvalue weighted by molar-refractivity contribution is 9.10. The molecule has 0 radical (unpaired) electrons. The van der Waals surface area contributed by atoms with Crippen molar-refractivity contribution in [2.24, 2.45) is 0 Å². The summed E-state index contributed by atoms with van der Waals surface area (Å²) in [6.45, 7) is 7.32. The molecular formula is C23H25BrClN3O3. The molecule has 0 saturated carbocycles. The molecule has 3 aliphatic heterocycles. The summed E-state index contributed by atoms with van der Waals surface area (Å²) in [5.74, 6) is 1.78. The highest BCUT2D eigenvalue weighted by Crippen LogP contribution is 2.42. The summed E-state index contributed by atoms with van der Waals surface area (Å²) in [4.78, 5) is 19.6. The van der Waals surface area contributed by atoms with Gasteiger partial charge in [-0.15, -0.1) is 0 Å². The second kappa shape index (κ2) is 8.88. The molecule has 0 aromatic heterocycles. The van der Waals surface area contributed by atoms with Crippen LogP contribution in [0.1, 0.15) is 15.9 Å². The van der Waals surface area contributed by atoms with E-state index in [2.05, 4.69) is 31.8 Å². The molecule has 3 heterocycles. The fourth-order valence-corrected chi connectivity index (χ4v) is 5.15. The van der Waals surface area contributed by atoms with Crippen molar-refractivity contribution in [3.63, 3.8) is 0 Å². The van der Waals surface area contributed by atoms with Gasteiger partial charge < -0.3 is 19.3 Å². The second-order valence-corrected chi connectivity index (χ2v) is 9.47. The van der Waals surface area contributed by atoms with Gasteiger partial charge in [-0.05, 0) is 42.3 Å². The van der Waals surface area contributed by atoms with Gasteiger partial charge in [0.1, 0.15) is 13.2 Å². The minimum atomic E-state index is 0.120. The Morgan fingerprint density at radius 2 is 1.77 bits per heavy atom. The minimum Gasteiger partial charge on any atom is -0.486 e. The number of benzene rings is 2. The molecular weight excluding hydrogens is 482 g/mol. The standard InChI is InChI=1S/C23H25BrClN3O3/c24-17-14-20(22-21(15-17)30-11-12-31-22)27-8-5-26(6-9-27)7-10-28-4-3-16-13-18(25)1-2-19(16)23(28)29/h1-2,13-15H,3-12H2. The molecule has 3 aliphatic rings. The second-order valence-electron chi connectivity index (χ2n) is 8.12. The van der Waals surface area contributed by atoms with Crippen molar-refractivity contribution in [1.29, 1.82) is 0 Å². The quantitative estimate of drug-likeness (QED) is 0.633. The van der Waals surface area contributed by atoms with Gasteiger partial charge in [0.05, 0.1) is 5.69 Å². The number of halogens is 2. The smallest absolute Gasteiger partial charge is 0.254 e. The van der Waals surface area contributed by atoms with E-state index in [1.54, 1.807) is 6.07 Å². The van der Waals surface area contributed by atoms with Crippen LogP contribution in [-0.4, -0.2) is 74.7 Å². The molecule has 1 amide bonds. The van der Waals surface area contributed by atoms with Gasteiger partial charge in [0, 0.05) is 60.9 Å². The number of hydrogen-bond donors (Lipinski definition) is 0. The lowest BCUT2D eigenvalue weighted by molar-refractivity contribution is 0.0717. The summed E-state index contributed by atoms with van der Waals surface area (Å²) >= 11 is 9.67. The molecule has 5 rings (SSSR count). The molecule has 2 aromatic carbocycles. The van der Waals surface area contributed by atoms with Crippen molar-refractivity contribution in [2.45, 2.75) is 6.42 Å². The maximum atomic E-state index is 12.8. The fraction of sp³-hybridized carbons (Fsp3) is 0.435. The first-order chi connectivity index (χ1) is 15.1. The average molecular weight is 507 g/mol. The molecule has 1 fully saturated rings. The lowest BCUT2D eigenvalue weighted by Crippen LogP contribution is -2.50. The Kier molecular flexibility index (Phi) is 5.99. The number of nitrogens with zero attached hydrogens (tertiary/aromatic N) is 3. The maximum absolute atomic E-state index is 12.8. The molecule has 0 aliphatic carbocycles. The number of piperazine rings is 1. The molecule has 31 heavy (non-hydrogen) atoms. The Labute approximate surface area is 195 Å². The van der Waals surface area contributed by atoms with E-state index in [9.17, 15) is 4.79 Å². The van der Waals surface area contributed by atoms with Crippen molar-refractivity contribution in [1.82, 2.24) is 9.80 Å². The lowest BCUT2D eigenvalue weighted by Gasteiger charge is -2.38. The van der Waals surface area contributed by atoms with E-state index >= 15 is 0 Å². The zero-order valence-corrected chi connectivity index (χ0v) is 19.6. The SMILES string of the molecule is O=C1c2ccc(Cl)cc2CCN1CCN1CCN(c2cc(Br)cc3c2OCCO3)CC1. The summed E-state index contributed by atoms with van der Waals surface area (Å²) in [5.41, 5.74) is 2.94. The minimum absolute atomic E-state index is 0.120. The fourth-order valence-electron chi connectivity index (χ4n) is 4.53. The first kappa shape index (κ1) is 20.9. The van der Waals surface area contributed by atoms with Crippen molar-refractivity contribution in [3.8, 4) is 11.5 Å². The van der Waals surface area contributed by atoms with Crippen LogP contribution in [0, 0.1) is 0 Å². The highest BCUT2D eigenvalue weighted by Gasteiger charge is 2.27. The largest absolute Gasteiger partial charge is 0.486 e. The van der Waals surface area contributed by atoms with Crippen LogP contribution in [0.5, 0.6) is 11.5 Å². The van der Waals surface area contributed by atoms with Crippen LogP contribution < -0.4 is 14.4 Å². The molecule has 164 valence electrons. The molecule has 1 saturated heterocycles. The van der Waals surface area contributed by atoms with E-state index in [4.69, 9.17) is 21.1 Å². The topological polar surface area (TPSA) is 45.3 Å². The molecule has 0 N–H and O–H groups in total. The number of rotatable bonds is 4. The van der Waals surface area contributed by atoms with Gasteiger partial charge in [0.25, 0.3) is 5.91 Å². The van der Waals surface area contributed by atoms with Crippen LogP contribution in [0.4, 0.5) is 5.69 Å².